The first-order valence-electron chi connectivity index (χ1n) is 9.41. The molecule has 0 atom stereocenters. The fourth-order valence-corrected chi connectivity index (χ4v) is 4.99. The first kappa shape index (κ1) is 19.0. The Bertz CT molecular complexity index is 1190. The standard InChI is InChI=1S/C23H17N3O2S2/c1-15-7-6-8-16(13-15)22-24-25-23(28-22)29-14-21(27)26-17-9-2-4-11-19(17)30-20-12-5-3-10-18(20)26/h2-13H,14H2,1H3. The van der Waals surface area contributed by atoms with Crippen molar-refractivity contribution in [2.24, 2.45) is 0 Å². The molecule has 1 aliphatic rings. The molecule has 0 unspecified atom stereocenters. The number of nitrogens with zero attached hydrogens (tertiary/aromatic N) is 3. The molecule has 0 spiro atoms. The van der Waals surface area contributed by atoms with Crippen molar-refractivity contribution in [3.05, 3.63) is 78.4 Å². The molecule has 3 aromatic carbocycles. The zero-order valence-corrected chi connectivity index (χ0v) is 17.7. The number of thioether (sulfide) groups is 1. The SMILES string of the molecule is Cc1cccc(-c2nnc(SCC(=O)N3c4ccccc4Sc4ccccc43)o2)c1. The summed E-state index contributed by atoms with van der Waals surface area (Å²) in [6.07, 6.45) is 0. The predicted octanol–water partition coefficient (Wildman–Crippen LogP) is 5.97. The molecular weight excluding hydrogens is 414 g/mol. The highest BCUT2D eigenvalue weighted by Gasteiger charge is 2.28. The summed E-state index contributed by atoms with van der Waals surface area (Å²) in [7, 11) is 0. The van der Waals surface area contributed by atoms with Gasteiger partial charge in [-0.2, -0.15) is 0 Å². The summed E-state index contributed by atoms with van der Waals surface area (Å²) in [5.41, 5.74) is 3.79. The zero-order chi connectivity index (χ0) is 20.5. The van der Waals surface area contributed by atoms with Gasteiger partial charge in [0.25, 0.3) is 5.22 Å². The number of carbonyl (C=O) groups excluding carboxylic acids is 1. The summed E-state index contributed by atoms with van der Waals surface area (Å²) < 4.78 is 5.77. The molecule has 4 aromatic rings. The maximum absolute atomic E-state index is 13.2. The third-order valence-electron chi connectivity index (χ3n) is 4.67. The number of rotatable bonds is 4. The van der Waals surface area contributed by atoms with Gasteiger partial charge >= 0.3 is 0 Å². The van der Waals surface area contributed by atoms with Gasteiger partial charge in [0.2, 0.25) is 11.8 Å². The Labute approximate surface area is 182 Å². The van der Waals surface area contributed by atoms with Crippen LogP contribution in [-0.2, 0) is 4.79 Å². The van der Waals surface area contributed by atoms with Crippen LogP contribution in [0, 0.1) is 6.92 Å². The third kappa shape index (κ3) is 3.62. The highest BCUT2D eigenvalue weighted by molar-refractivity contribution is 8.00. The summed E-state index contributed by atoms with van der Waals surface area (Å²) in [4.78, 5) is 17.1. The Hall–Kier alpha value is -3.03. The minimum Gasteiger partial charge on any atom is -0.411 e. The average molecular weight is 432 g/mol. The topological polar surface area (TPSA) is 59.2 Å². The number of para-hydroxylation sites is 2. The Morgan fingerprint density at radius 2 is 1.67 bits per heavy atom. The van der Waals surface area contributed by atoms with Gasteiger partial charge in [-0.1, -0.05) is 65.5 Å². The number of hydrogen-bond acceptors (Lipinski definition) is 6. The number of aryl methyl sites for hydroxylation is 1. The van der Waals surface area contributed by atoms with E-state index in [4.69, 9.17) is 4.42 Å². The lowest BCUT2D eigenvalue weighted by molar-refractivity contribution is -0.115. The molecule has 2 heterocycles. The second-order valence-corrected chi connectivity index (χ2v) is 8.81. The predicted molar refractivity (Wildman–Crippen MR) is 119 cm³/mol. The number of benzene rings is 3. The second kappa shape index (κ2) is 8.01. The molecule has 0 aliphatic carbocycles. The maximum atomic E-state index is 13.2. The number of aromatic nitrogens is 2. The van der Waals surface area contributed by atoms with Crippen molar-refractivity contribution >= 4 is 40.8 Å². The number of anilines is 2. The fourth-order valence-electron chi connectivity index (χ4n) is 3.32. The first-order valence-corrected chi connectivity index (χ1v) is 11.2. The molecule has 1 aliphatic heterocycles. The van der Waals surface area contributed by atoms with Gasteiger partial charge in [-0.3, -0.25) is 9.69 Å². The molecule has 148 valence electrons. The number of carbonyl (C=O) groups is 1. The van der Waals surface area contributed by atoms with Gasteiger partial charge in [0.15, 0.2) is 0 Å². The van der Waals surface area contributed by atoms with Crippen molar-refractivity contribution in [2.45, 2.75) is 21.9 Å². The van der Waals surface area contributed by atoms with Crippen LogP contribution in [0.25, 0.3) is 11.5 Å². The van der Waals surface area contributed by atoms with Crippen molar-refractivity contribution < 1.29 is 9.21 Å². The molecule has 30 heavy (non-hydrogen) atoms. The van der Waals surface area contributed by atoms with E-state index in [2.05, 4.69) is 10.2 Å². The molecule has 5 rings (SSSR count). The normalized spacial score (nSPS) is 12.4. The van der Waals surface area contributed by atoms with Crippen LogP contribution in [0.3, 0.4) is 0 Å². The zero-order valence-electron chi connectivity index (χ0n) is 16.1. The van der Waals surface area contributed by atoms with Gasteiger partial charge in [0.05, 0.1) is 17.1 Å². The summed E-state index contributed by atoms with van der Waals surface area (Å²) in [6.45, 7) is 2.01. The summed E-state index contributed by atoms with van der Waals surface area (Å²) >= 11 is 2.93. The van der Waals surface area contributed by atoms with E-state index >= 15 is 0 Å². The van der Waals surface area contributed by atoms with E-state index in [0.717, 1.165) is 32.3 Å². The molecule has 0 fully saturated rings. The number of fused-ring (bicyclic) bond motifs is 2. The number of amides is 1. The molecule has 7 heteroatoms. The van der Waals surface area contributed by atoms with Crippen LogP contribution < -0.4 is 4.90 Å². The molecular formula is C23H17N3O2S2. The molecule has 0 saturated heterocycles. The van der Waals surface area contributed by atoms with Crippen LogP contribution in [0.4, 0.5) is 11.4 Å². The average Bonchev–Trinajstić information content (AvgIpc) is 3.25. The molecule has 5 nitrogen and oxygen atoms in total. The summed E-state index contributed by atoms with van der Waals surface area (Å²) in [5, 5.41) is 8.61. The Balaban J connectivity index is 1.37. The summed E-state index contributed by atoms with van der Waals surface area (Å²) in [6, 6.07) is 23.8. The van der Waals surface area contributed by atoms with Crippen LogP contribution in [0.1, 0.15) is 5.56 Å². The second-order valence-electron chi connectivity index (χ2n) is 6.80. The minimum absolute atomic E-state index is 0.0319. The van der Waals surface area contributed by atoms with Crippen molar-refractivity contribution in [1.29, 1.82) is 0 Å². The maximum Gasteiger partial charge on any atom is 0.277 e. The quantitative estimate of drug-likeness (QED) is 0.371. The lowest BCUT2D eigenvalue weighted by Crippen LogP contribution is -2.29. The van der Waals surface area contributed by atoms with Gasteiger partial charge in [-0.25, -0.2) is 0 Å². The van der Waals surface area contributed by atoms with E-state index in [1.807, 2.05) is 79.7 Å². The number of hydrogen-bond donors (Lipinski definition) is 0. The molecule has 0 saturated carbocycles. The first-order chi connectivity index (χ1) is 14.7. The van der Waals surface area contributed by atoms with Crippen molar-refractivity contribution in [1.82, 2.24) is 10.2 Å². The van der Waals surface area contributed by atoms with Gasteiger partial charge in [0.1, 0.15) is 0 Å². The lowest BCUT2D eigenvalue weighted by atomic mass is 10.1. The molecule has 0 N–H and O–H groups in total. The van der Waals surface area contributed by atoms with Crippen molar-refractivity contribution in [3.8, 4) is 11.5 Å². The van der Waals surface area contributed by atoms with Crippen LogP contribution in [0.2, 0.25) is 0 Å². The highest BCUT2D eigenvalue weighted by Crippen LogP contribution is 2.48. The smallest absolute Gasteiger partial charge is 0.277 e. The highest BCUT2D eigenvalue weighted by atomic mass is 32.2. The van der Waals surface area contributed by atoms with Crippen molar-refractivity contribution in [3.63, 3.8) is 0 Å². The van der Waals surface area contributed by atoms with Crippen LogP contribution >= 0.6 is 23.5 Å². The van der Waals surface area contributed by atoms with Gasteiger partial charge in [0, 0.05) is 15.4 Å². The molecule has 1 amide bonds. The van der Waals surface area contributed by atoms with Crippen LogP contribution in [0.5, 0.6) is 0 Å². The fraction of sp³-hybridized carbons (Fsp3) is 0.0870. The van der Waals surface area contributed by atoms with E-state index in [1.165, 1.54) is 11.8 Å². The van der Waals surface area contributed by atoms with E-state index in [1.54, 1.807) is 16.7 Å². The molecule has 1 aromatic heterocycles. The Kier molecular flexibility index (Phi) is 5.06. The monoisotopic (exact) mass is 431 g/mol. The largest absolute Gasteiger partial charge is 0.411 e. The van der Waals surface area contributed by atoms with Crippen LogP contribution in [0.15, 0.2) is 92.2 Å². The van der Waals surface area contributed by atoms with E-state index in [-0.39, 0.29) is 11.7 Å². The van der Waals surface area contributed by atoms with Crippen molar-refractivity contribution in [2.75, 3.05) is 10.7 Å². The van der Waals surface area contributed by atoms with E-state index in [0.29, 0.717) is 11.1 Å². The summed E-state index contributed by atoms with van der Waals surface area (Å²) in [5.74, 6) is 0.622. The van der Waals surface area contributed by atoms with Crippen LogP contribution in [-0.4, -0.2) is 21.9 Å². The molecule has 0 bridgehead atoms. The lowest BCUT2D eigenvalue weighted by Gasteiger charge is -2.30. The van der Waals surface area contributed by atoms with Gasteiger partial charge in [-0.15, -0.1) is 10.2 Å². The minimum atomic E-state index is -0.0319. The molecule has 0 radical (unpaired) electrons. The van der Waals surface area contributed by atoms with E-state index in [9.17, 15) is 4.79 Å². The Morgan fingerprint density at radius 3 is 2.37 bits per heavy atom. The third-order valence-corrected chi connectivity index (χ3v) is 6.61. The van der Waals surface area contributed by atoms with Gasteiger partial charge in [-0.05, 0) is 43.3 Å². The Morgan fingerprint density at radius 1 is 0.967 bits per heavy atom. The van der Waals surface area contributed by atoms with E-state index < -0.39 is 0 Å². The van der Waals surface area contributed by atoms with Gasteiger partial charge < -0.3 is 4.42 Å².